The molecule has 4 aromatic heterocycles. The van der Waals surface area contributed by atoms with E-state index in [0.29, 0.717) is 46.7 Å². The molecule has 11 nitrogen and oxygen atoms in total. The van der Waals surface area contributed by atoms with Crippen molar-refractivity contribution in [3.05, 3.63) is 62.6 Å². The number of hydrogen-bond acceptors (Lipinski definition) is 7. The predicted molar refractivity (Wildman–Crippen MR) is 146 cm³/mol. The molecule has 6 rings (SSSR count). The van der Waals surface area contributed by atoms with Gasteiger partial charge >= 0.3 is 5.69 Å². The Bertz CT molecular complexity index is 1680. The van der Waals surface area contributed by atoms with E-state index < -0.39 is 11.2 Å². The van der Waals surface area contributed by atoms with Crippen LogP contribution in [0.3, 0.4) is 0 Å². The molecule has 2 fully saturated rings. The van der Waals surface area contributed by atoms with Crippen molar-refractivity contribution in [2.24, 2.45) is 12.8 Å². The van der Waals surface area contributed by atoms with Gasteiger partial charge in [0, 0.05) is 45.0 Å². The second-order valence-electron chi connectivity index (χ2n) is 10.3. The molecule has 1 saturated carbocycles. The number of anilines is 1. The van der Waals surface area contributed by atoms with Gasteiger partial charge in [-0.05, 0) is 56.9 Å². The van der Waals surface area contributed by atoms with Crippen molar-refractivity contribution >= 4 is 33.8 Å². The Hall–Kier alpha value is -3.99. The highest BCUT2D eigenvalue weighted by Gasteiger charge is 2.34. The van der Waals surface area contributed by atoms with Gasteiger partial charge in [-0.15, -0.1) is 0 Å². The molecule has 0 spiro atoms. The third-order valence-corrected chi connectivity index (χ3v) is 7.56. The van der Waals surface area contributed by atoms with Gasteiger partial charge in [-0.1, -0.05) is 0 Å². The number of aryl methyl sites for hydroxylation is 2. The number of amides is 1. The summed E-state index contributed by atoms with van der Waals surface area (Å²) in [4.78, 5) is 52.3. The molecule has 0 bridgehead atoms. The molecule has 5 heterocycles. The molecule has 198 valence electrons. The fourth-order valence-electron chi connectivity index (χ4n) is 5.55. The van der Waals surface area contributed by atoms with Gasteiger partial charge in [0.2, 0.25) is 0 Å². The van der Waals surface area contributed by atoms with E-state index in [9.17, 15) is 14.4 Å². The van der Waals surface area contributed by atoms with Crippen LogP contribution < -0.4 is 27.2 Å². The van der Waals surface area contributed by atoms with Gasteiger partial charge in [0.1, 0.15) is 16.9 Å². The number of fused-ring (bicyclic) bond motifs is 2. The molecular weight excluding hydrogens is 484 g/mol. The number of pyridine rings is 2. The Morgan fingerprint density at radius 3 is 2.66 bits per heavy atom. The highest BCUT2D eigenvalue weighted by molar-refractivity contribution is 6.11. The minimum atomic E-state index is -0.494. The molecule has 1 amide bonds. The predicted octanol–water partition coefficient (Wildman–Crippen LogP) is 1.33. The molecule has 38 heavy (non-hydrogen) atoms. The number of piperidine rings is 1. The van der Waals surface area contributed by atoms with Crippen LogP contribution >= 0.6 is 0 Å². The zero-order valence-electron chi connectivity index (χ0n) is 21.7. The molecular formula is C27H32N8O3. The summed E-state index contributed by atoms with van der Waals surface area (Å²) in [6, 6.07) is 7.36. The minimum Gasteiger partial charge on any atom is -0.356 e. The van der Waals surface area contributed by atoms with E-state index in [4.69, 9.17) is 5.73 Å². The monoisotopic (exact) mass is 516 g/mol. The van der Waals surface area contributed by atoms with Crippen LogP contribution in [0.5, 0.6) is 0 Å². The van der Waals surface area contributed by atoms with Gasteiger partial charge < -0.3 is 20.5 Å². The Balaban J connectivity index is 1.57. The Kier molecular flexibility index (Phi) is 6.02. The summed E-state index contributed by atoms with van der Waals surface area (Å²) in [7, 11) is 1.62. The van der Waals surface area contributed by atoms with Crippen LogP contribution in [0.25, 0.3) is 22.1 Å². The summed E-state index contributed by atoms with van der Waals surface area (Å²) in [6.07, 6.45) is 5.36. The maximum Gasteiger partial charge on any atom is 0.331 e. The zero-order chi connectivity index (χ0) is 26.6. The fraction of sp³-hybridized carbons (Fsp3) is 0.444. The lowest BCUT2D eigenvalue weighted by atomic mass is 10.1. The lowest BCUT2D eigenvalue weighted by Gasteiger charge is -2.33. The first-order valence-corrected chi connectivity index (χ1v) is 13.3. The first kappa shape index (κ1) is 24.4. The standard InChI is InChI=1S/C27H32N8O3/c1-3-34-23-22(21(24(36)31-17-8-9-17)25(34)33-13-5-6-16(28)14-33)32(2)27(38)35(26(23)37)15-18-10-11-19-20(30-18)7-4-12-29-19/h4,7,10-12,16-17H,3,5-6,8-9,13-15,28H2,1-2H3,(H,31,36)/t16-/m1/s1. The quantitative estimate of drug-likeness (QED) is 0.395. The van der Waals surface area contributed by atoms with Gasteiger partial charge in [0.05, 0.1) is 28.8 Å². The molecule has 1 aliphatic carbocycles. The number of carbonyl (C=O) groups is 1. The molecule has 11 heteroatoms. The minimum absolute atomic E-state index is 0.00863. The average Bonchev–Trinajstić information content (AvgIpc) is 3.66. The molecule has 0 aromatic carbocycles. The van der Waals surface area contributed by atoms with Crippen LogP contribution in [0, 0.1) is 0 Å². The van der Waals surface area contributed by atoms with Gasteiger partial charge in [-0.25, -0.2) is 9.78 Å². The van der Waals surface area contributed by atoms with Crippen LogP contribution in [0.2, 0.25) is 0 Å². The Morgan fingerprint density at radius 1 is 1.11 bits per heavy atom. The molecule has 4 aromatic rings. The molecule has 0 unspecified atom stereocenters. The van der Waals surface area contributed by atoms with E-state index in [1.807, 2.05) is 23.6 Å². The number of nitrogens with zero attached hydrogens (tertiary/aromatic N) is 6. The topological polar surface area (TPSA) is 133 Å². The fourth-order valence-corrected chi connectivity index (χ4v) is 5.55. The molecule has 2 aliphatic rings. The number of aromatic nitrogens is 5. The summed E-state index contributed by atoms with van der Waals surface area (Å²) in [5.41, 5.74) is 8.47. The Labute approximate surface area is 218 Å². The van der Waals surface area contributed by atoms with E-state index in [1.165, 1.54) is 9.13 Å². The maximum absolute atomic E-state index is 14.0. The van der Waals surface area contributed by atoms with Gasteiger partial charge in [-0.3, -0.25) is 23.7 Å². The van der Waals surface area contributed by atoms with Crippen LogP contribution in [0.1, 0.15) is 48.7 Å². The van der Waals surface area contributed by atoms with Crippen molar-refractivity contribution in [1.82, 2.24) is 29.0 Å². The summed E-state index contributed by atoms with van der Waals surface area (Å²) in [5.74, 6) is 0.408. The number of hydrogen-bond donors (Lipinski definition) is 2. The normalized spacial score (nSPS) is 17.9. The molecule has 1 aliphatic heterocycles. The number of rotatable bonds is 6. The number of nitrogens with one attached hydrogen (secondary N) is 1. The lowest BCUT2D eigenvalue weighted by molar-refractivity contribution is 0.0952. The van der Waals surface area contributed by atoms with Crippen LogP contribution in [-0.4, -0.2) is 54.7 Å². The largest absolute Gasteiger partial charge is 0.356 e. The van der Waals surface area contributed by atoms with E-state index >= 15 is 0 Å². The van der Waals surface area contributed by atoms with Crippen molar-refractivity contribution in [2.45, 2.75) is 57.8 Å². The summed E-state index contributed by atoms with van der Waals surface area (Å²) < 4.78 is 4.51. The molecule has 1 atom stereocenters. The third-order valence-electron chi connectivity index (χ3n) is 7.56. The summed E-state index contributed by atoms with van der Waals surface area (Å²) in [5, 5.41) is 3.08. The third kappa shape index (κ3) is 4.07. The molecule has 0 radical (unpaired) electrons. The van der Waals surface area contributed by atoms with E-state index in [0.717, 1.165) is 37.7 Å². The van der Waals surface area contributed by atoms with Gasteiger partial charge in [0.25, 0.3) is 11.5 Å². The summed E-state index contributed by atoms with van der Waals surface area (Å²) >= 11 is 0. The van der Waals surface area contributed by atoms with Crippen molar-refractivity contribution < 1.29 is 4.79 Å². The first-order valence-electron chi connectivity index (χ1n) is 13.3. The smallest absolute Gasteiger partial charge is 0.331 e. The van der Waals surface area contributed by atoms with Crippen molar-refractivity contribution in [2.75, 3.05) is 18.0 Å². The van der Waals surface area contributed by atoms with E-state index in [-0.39, 0.29) is 24.5 Å². The van der Waals surface area contributed by atoms with E-state index in [1.54, 1.807) is 25.4 Å². The number of carbonyl (C=O) groups excluding carboxylic acids is 1. The van der Waals surface area contributed by atoms with Gasteiger partial charge in [0.15, 0.2) is 0 Å². The SMILES string of the molecule is CCn1c(N2CCC[C@@H](N)C2)c(C(=O)NC2CC2)c2c1c(=O)n(Cc1ccc3ncccc3n1)c(=O)n2C. The Morgan fingerprint density at radius 2 is 1.92 bits per heavy atom. The molecule has 1 saturated heterocycles. The summed E-state index contributed by atoms with van der Waals surface area (Å²) in [6.45, 7) is 3.72. The highest BCUT2D eigenvalue weighted by Crippen LogP contribution is 2.33. The maximum atomic E-state index is 14.0. The molecule has 3 N–H and O–H groups in total. The van der Waals surface area contributed by atoms with Gasteiger partial charge in [-0.2, -0.15) is 0 Å². The van der Waals surface area contributed by atoms with Crippen LogP contribution in [0.4, 0.5) is 5.82 Å². The second-order valence-corrected chi connectivity index (χ2v) is 10.3. The second kappa shape index (κ2) is 9.39. The highest BCUT2D eigenvalue weighted by atomic mass is 16.2. The number of nitrogens with two attached hydrogens (primary N) is 1. The van der Waals surface area contributed by atoms with Crippen molar-refractivity contribution in [1.29, 1.82) is 0 Å². The van der Waals surface area contributed by atoms with Crippen molar-refractivity contribution in [3.8, 4) is 0 Å². The average molecular weight is 517 g/mol. The first-order chi connectivity index (χ1) is 18.4. The zero-order valence-corrected chi connectivity index (χ0v) is 21.7. The van der Waals surface area contributed by atoms with Crippen molar-refractivity contribution in [3.63, 3.8) is 0 Å². The van der Waals surface area contributed by atoms with Crippen LogP contribution in [-0.2, 0) is 20.1 Å². The van der Waals surface area contributed by atoms with E-state index in [2.05, 4.69) is 20.2 Å². The van der Waals surface area contributed by atoms with Crippen LogP contribution in [0.15, 0.2) is 40.1 Å². The lowest BCUT2D eigenvalue weighted by Crippen LogP contribution is -2.44.